The van der Waals surface area contributed by atoms with Crippen LogP contribution in [0.15, 0.2) is 121 Å². The van der Waals surface area contributed by atoms with Crippen LogP contribution in [-0.2, 0) is 43.4 Å². The van der Waals surface area contributed by atoms with Crippen molar-refractivity contribution in [3.05, 3.63) is 159 Å². The summed E-state index contributed by atoms with van der Waals surface area (Å²) in [7, 11) is 0. The van der Waals surface area contributed by atoms with Crippen LogP contribution in [-0.4, -0.2) is 5.48 Å². The smallest absolute Gasteiger partial charge is 0.412 e. The third-order valence-electron chi connectivity index (χ3n) is 3.14. The van der Waals surface area contributed by atoms with Crippen LogP contribution < -0.4 is 0 Å². The number of rotatable bonds is 2. The van der Waals surface area contributed by atoms with Gasteiger partial charge in [0.2, 0.25) is 0 Å². The summed E-state index contributed by atoms with van der Waals surface area (Å²) >= 11 is 0. The predicted octanol–water partition coefficient (Wildman–Crippen LogP) is 8.36. The van der Waals surface area contributed by atoms with Crippen LogP contribution in [0.4, 0.5) is 0 Å². The molecule has 2 N–H and O–H groups in total. The zero-order chi connectivity index (χ0) is 23.8. The molecule has 0 aliphatic carbocycles. The topological polar surface area (TPSA) is 31.5 Å². The monoisotopic (exact) mass is 536 g/mol. The Bertz CT molecular complexity index is 483. The summed E-state index contributed by atoms with van der Waals surface area (Å²) in [6.45, 7) is 11.4. The quantitative estimate of drug-likeness (QED) is 0.182. The van der Waals surface area contributed by atoms with Crippen molar-refractivity contribution in [2.24, 2.45) is 0 Å². The maximum atomic E-state index is 3.60. The Labute approximate surface area is 246 Å². The second-order valence-corrected chi connectivity index (χ2v) is 6.02. The average molecular weight is 536 g/mol. The van der Waals surface area contributed by atoms with Crippen molar-refractivity contribution in [1.82, 2.24) is 0 Å². The van der Waals surface area contributed by atoms with E-state index in [-0.39, 0.29) is 48.9 Å². The van der Waals surface area contributed by atoms with Gasteiger partial charge in [0, 0.05) is 0 Å². The molecule has 3 heteroatoms. The van der Waals surface area contributed by atoms with Gasteiger partial charge in [0.05, 0.1) is 0 Å². The minimum Gasteiger partial charge on any atom is -0.412 e. The molecule has 0 aliphatic rings. The molecule has 182 valence electrons. The summed E-state index contributed by atoms with van der Waals surface area (Å²) < 4.78 is 0. The molecule has 0 atom stereocenters. The maximum absolute atomic E-state index is 3.60. The van der Waals surface area contributed by atoms with Gasteiger partial charge in [-0.2, -0.15) is 158 Å². The molecule has 4 aromatic rings. The number of hydrogen-bond donors (Lipinski definition) is 0. The Hall–Kier alpha value is -1.73. The fourth-order valence-electron chi connectivity index (χ4n) is 1.37. The SMILES string of the molecule is O.[CH2-]CCC.[CH2-]CCC.[Ti+3].[Ti+3].[c-]1ccccc1.[c-]1ccccc1.[c-]1ccccc1.[c-]1ccccc1. The molecular weight excluding hydrogens is 496 g/mol. The zero-order valence-corrected chi connectivity index (χ0v) is 24.4. The predicted molar refractivity (Wildman–Crippen MR) is 145 cm³/mol. The molecule has 35 heavy (non-hydrogen) atoms. The van der Waals surface area contributed by atoms with Crippen LogP contribution in [0, 0.1) is 38.1 Å². The van der Waals surface area contributed by atoms with Gasteiger partial charge in [0.1, 0.15) is 0 Å². The summed E-state index contributed by atoms with van der Waals surface area (Å²) in [5, 5.41) is 0. The van der Waals surface area contributed by atoms with Gasteiger partial charge in [-0.1, -0.05) is 26.7 Å². The molecule has 0 aliphatic heterocycles. The van der Waals surface area contributed by atoms with Crippen LogP contribution in [0.2, 0.25) is 0 Å². The molecule has 0 heterocycles. The first-order valence-electron chi connectivity index (χ1n) is 11.1. The normalized spacial score (nSPS) is 7.20. The van der Waals surface area contributed by atoms with E-state index >= 15 is 0 Å². The second kappa shape index (κ2) is 45.7. The molecule has 4 rings (SSSR count). The van der Waals surface area contributed by atoms with E-state index in [1.807, 2.05) is 121 Å². The van der Waals surface area contributed by atoms with E-state index in [0.717, 1.165) is 12.8 Å². The van der Waals surface area contributed by atoms with E-state index in [9.17, 15) is 0 Å². The molecule has 0 amide bonds. The zero-order valence-electron chi connectivity index (χ0n) is 21.3. The molecule has 0 unspecified atom stereocenters. The molecule has 0 spiro atoms. The first-order chi connectivity index (χ1) is 15.8. The van der Waals surface area contributed by atoms with Crippen LogP contribution in [0.3, 0.4) is 0 Å². The van der Waals surface area contributed by atoms with Crippen LogP contribution >= 0.6 is 0 Å². The van der Waals surface area contributed by atoms with Gasteiger partial charge >= 0.3 is 43.4 Å². The number of hydrogen-bond acceptors (Lipinski definition) is 0. The van der Waals surface area contributed by atoms with E-state index in [4.69, 9.17) is 0 Å². The molecule has 0 saturated carbocycles. The van der Waals surface area contributed by atoms with Crippen molar-refractivity contribution < 1.29 is 48.9 Å². The molecule has 2 radical (unpaired) electrons. The summed E-state index contributed by atoms with van der Waals surface area (Å²) in [5.41, 5.74) is 0. The van der Waals surface area contributed by atoms with Crippen LogP contribution in [0.25, 0.3) is 0 Å². The van der Waals surface area contributed by atoms with Gasteiger partial charge in [-0.05, 0) is 0 Å². The largest absolute Gasteiger partial charge is 3.00 e. The van der Waals surface area contributed by atoms with Crippen molar-refractivity contribution in [3.63, 3.8) is 0 Å². The summed E-state index contributed by atoms with van der Waals surface area (Å²) in [5.74, 6) is 0. The van der Waals surface area contributed by atoms with E-state index in [0.29, 0.717) is 0 Å². The molecule has 0 fully saturated rings. The Kier molecular flexibility index (Phi) is 56.6. The van der Waals surface area contributed by atoms with Gasteiger partial charge in [-0.3, -0.25) is 0 Å². The second-order valence-electron chi connectivity index (χ2n) is 6.02. The van der Waals surface area contributed by atoms with E-state index in [1.54, 1.807) is 0 Å². The van der Waals surface area contributed by atoms with Gasteiger partial charge in [-0.25, -0.2) is 0 Å². The Balaban J connectivity index is -0.000000102. The standard InChI is InChI=1S/4C6H5.2C4H9.H2O.2Ti/c4*1-2-4-6-5-3-1;2*1-3-4-2;;;/h4*1-5H;2*1,3-4H2,2H3;1H2;;/q6*-1;;2*+3. The summed E-state index contributed by atoms with van der Waals surface area (Å²) in [6.07, 6.45) is 4.56. The molecule has 0 bridgehead atoms. The first-order valence-corrected chi connectivity index (χ1v) is 11.1. The average Bonchev–Trinajstić information content (AvgIpc) is 2.94. The van der Waals surface area contributed by atoms with Gasteiger partial charge in [0.25, 0.3) is 0 Å². The summed E-state index contributed by atoms with van der Waals surface area (Å²) in [6, 6.07) is 50.0. The van der Waals surface area contributed by atoms with Crippen molar-refractivity contribution in [1.29, 1.82) is 0 Å². The molecule has 1 nitrogen and oxygen atoms in total. The Morgan fingerprint density at radius 2 is 0.543 bits per heavy atom. The minimum atomic E-state index is 0. The van der Waals surface area contributed by atoms with Crippen LogP contribution in [0.1, 0.15) is 39.5 Å². The van der Waals surface area contributed by atoms with Crippen molar-refractivity contribution in [2.75, 3.05) is 0 Å². The van der Waals surface area contributed by atoms with Crippen molar-refractivity contribution in [2.45, 2.75) is 39.5 Å². The maximum Gasteiger partial charge on any atom is 3.00 e. The molecule has 0 aromatic heterocycles. The summed E-state index contributed by atoms with van der Waals surface area (Å²) in [4.78, 5) is 0. The third-order valence-corrected chi connectivity index (χ3v) is 3.14. The molecule has 4 aromatic carbocycles. The fraction of sp³-hybridized carbons (Fsp3) is 0.188. The van der Waals surface area contributed by atoms with Crippen molar-refractivity contribution >= 4 is 0 Å². The van der Waals surface area contributed by atoms with Crippen molar-refractivity contribution in [3.8, 4) is 0 Å². The Morgan fingerprint density at radius 3 is 0.571 bits per heavy atom. The number of benzene rings is 4. The van der Waals surface area contributed by atoms with E-state index in [1.165, 1.54) is 12.8 Å². The van der Waals surface area contributed by atoms with E-state index < -0.39 is 0 Å². The third kappa shape index (κ3) is 50.2. The van der Waals surface area contributed by atoms with Gasteiger partial charge < -0.3 is 19.3 Å². The number of unbranched alkanes of at least 4 members (excludes halogenated alkanes) is 2. The minimum absolute atomic E-state index is 0. The van der Waals surface area contributed by atoms with Gasteiger partial charge in [-0.15, -0.1) is 0 Å². The van der Waals surface area contributed by atoms with E-state index in [2.05, 4.69) is 52.0 Å². The Morgan fingerprint density at radius 1 is 0.400 bits per heavy atom. The molecule has 0 saturated heterocycles. The fourth-order valence-corrected chi connectivity index (χ4v) is 1.37. The van der Waals surface area contributed by atoms with Crippen LogP contribution in [0.5, 0.6) is 0 Å². The van der Waals surface area contributed by atoms with Gasteiger partial charge in [0.15, 0.2) is 0 Å². The molecular formula is C32H40OTi2. The first kappa shape index (κ1) is 43.3.